The summed E-state index contributed by atoms with van der Waals surface area (Å²) in [7, 11) is 0. The zero-order valence-corrected chi connectivity index (χ0v) is 9.01. The number of benzene rings is 1. The van der Waals surface area contributed by atoms with E-state index in [1.54, 1.807) is 0 Å². The van der Waals surface area contributed by atoms with Gasteiger partial charge in [0.25, 0.3) is 0 Å². The molecule has 1 aromatic carbocycles. The van der Waals surface area contributed by atoms with E-state index in [0.717, 1.165) is 0 Å². The quantitative estimate of drug-likeness (QED) is 0.820. The molecular weight excluding hydrogens is 238 g/mol. The topological polar surface area (TPSA) is 29.1 Å². The van der Waals surface area contributed by atoms with Crippen LogP contribution in [0.3, 0.4) is 0 Å². The highest BCUT2D eigenvalue weighted by Crippen LogP contribution is 2.20. The molecule has 0 aliphatic carbocycles. The first kappa shape index (κ1) is 13.5. The number of amides is 1. The summed E-state index contributed by atoms with van der Waals surface area (Å²) in [6, 6.07) is 4.59. The zero-order valence-electron chi connectivity index (χ0n) is 9.01. The number of nitrogens with one attached hydrogen (secondary N) is 1. The van der Waals surface area contributed by atoms with E-state index in [2.05, 4.69) is 5.32 Å². The molecule has 17 heavy (non-hydrogen) atoms. The number of carbonyl (C=O) groups excluding carboxylic acids is 1. The van der Waals surface area contributed by atoms with Crippen molar-refractivity contribution >= 4 is 5.91 Å². The van der Waals surface area contributed by atoms with Gasteiger partial charge in [0.15, 0.2) is 0 Å². The van der Waals surface area contributed by atoms with Crippen molar-refractivity contribution in [3.05, 3.63) is 35.6 Å². The van der Waals surface area contributed by atoms with Crippen LogP contribution in [0.2, 0.25) is 0 Å². The number of hydrogen-bond donors (Lipinski definition) is 1. The highest BCUT2D eigenvalue weighted by atomic mass is 19.4. The molecule has 1 amide bonds. The Labute approximate surface area is 95.6 Å². The lowest BCUT2D eigenvalue weighted by Crippen LogP contribution is -2.30. The molecule has 0 spiro atoms. The third-order valence-electron chi connectivity index (χ3n) is 2.11. The first-order chi connectivity index (χ1) is 7.78. The molecule has 0 saturated carbocycles. The van der Waals surface area contributed by atoms with Crippen LogP contribution < -0.4 is 5.32 Å². The Hall–Kier alpha value is -1.59. The summed E-state index contributed by atoms with van der Waals surface area (Å²) >= 11 is 0. The molecule has 1 rings (SSSR count). The molecule has 0 saturated heterocycles. The molecule has 0 aliphatic heterocycles. The van der Waals surface area contributed by atoms with Gasteiger partial charge >= 0.3 is 6.18 Å². The summed E-state index contributed by atoms with van der Waals surface area (Å²) in [4.78, 5) is 11.0. The van der Waals surface area contributed by atoms with Crippen molar-refractivity contribution < 1.29 is 22.4 Å². The predicted octanol–water partition coefficient (Wildman–Crippen LogP) is 2.96. The van der Waals surface area contributed by atoms with E-state index >= 15 is 0 Å². The fraction of sp³-hybridized carbons (Fsp3) is 0.364. The number of carbonyl (C=O) groups is 1. The lowest BCUT2D eigenvalue weighted by atomic mass is 10.1. The maximum atomic E-state index is 12.6. The molecule has 1 aromatic rings. The van der Waals surface area contributed by atoms with Crippen LogP contribution in [0.4, 0.5) is 17.6 Å². The molecule has 0 fully saturated rings. The van der Waals surface area contributed by atoms with E-state index in [0.29, 0.717) is 5.56 Å². The highest BCUT2D eigenvalue weighted by Gasteiger charge is 2.31. The first-order valence-electron chi connectivity index (χ1n) is 4.89. The largest absolute Gasteiger partial charge is 0.397 e. The third kappa shape index (κ3) is 4.84. The van der Waals surface area contributed by atoms with Crippen molar-refractivity contribution in [1.29, 1.82) is 0 Å². The van der Waals surface area contributed by atoms with Crippen LogP contribution in [0.1, 0.15) is 24.9 Å². The highest BCUT2D eigenvalue weighted by molar-refractivity contribution is 5.77. The molecule has 0 heterocycles. The molecule has 0 unspecified atom stereocenters. The minimum atomic E-state index is -4.52. The van der Waals surface area contributed by atoms with E-state index in [1.807, 2.05) is 0 Å². The summed E-state index contributed by atoms with van der Waals surface area (Å²) in [5.74, 6) is -1.54. The smallest absolute Gasteiger partial charge is 0.349 e. The molecule has 0 aromatic heterocycles. The SMILES string of the molecule is C[C@H](NC(=O)CC(F)(F)F)c1ccc(F)cc1. The van der Waals surface area contributed by atoms with Crippen molar-refractivity contribution in [2.24, 2.45) is 0 Å². The third-order valence-corrected chi connectivity index (χ3v) is 2.11. The van der Waals surface area contributed by atoms with Crippen LogP contribution >= 0.6 is 0 Å². The average Bonchev–Trinajstić information content (AvgIpc) is 2.15. The molecule has 94 valence electrons. The lowest BCUT2D eigenvalue weighted by molar-refractivity contribution is -0.154. The fourth-order valence-corrected chi connectivity index (χ4v) is 1.31. The van der Waals surface area contributed by atoms with Crippen LogP contribution in [0, 0.1) is 5.82 Å². The number of alkyl halides is 3. The number of hydrogen-bond acceptors (Lipinski definition) is 1. The summed E-state index contributed by atoms with van der Waals surface area (Å²) in [5.41, 5.74) is 0.543. The van der Waals surface area contributed by atoms with Gasteiger partial charge in [-0.3, -0.25) is 4.79 Å². The summed E-state index contributed by atoms with van der Waals surface area (Å²) in [6.45, 7) is 1.53. The van der Waals surface area contributed by atoms with Crippen LogP contribution in [-0.4, -0.2) is 12.1 Å². The van der Waals surface area contributed by atoms with Gasteiger partial charge in [-0.1, -0.05) is 12.1 Å². The normalized spacial score (nSPS) is 13.2. The van der Waals surface area contributed by atoms with Crippen LogP contribution in [0.15, 0.2) is 24.3 Å². The second-order valence-corrected chi connectivity index (χ2v) is 3.63. The Kier molecular flexibility index (Phi) is 4.09. The lowest BCUT2D eigenvalue weighted by Gasteiger charge is -2.15. The summed E-state index contributed by atoms with van der Waals surface area (Å²) in [5, 5.41) is 2.19. The average molecular weight is 249 g/mol. The monoisotopic (exact) mass is 249 g/mol. The van der Waals surface area contributed by atoms with Gasteiger partial charge in [0.1, 0.15) is 12.2 Å². The Morgan fingerprint density at radius 1 is 1.29 bits per heavy atom. The Morgan fingerprint density at radius 3 is 2.29 bits per heavy atom. The van der Waals surface area contributed by atoms with Gasteiger partial charge < -0.3 is 5.32 Å². The minimum Gasteiger partial charge on any atom is -0.349 e. The van der Waals surface area contributed by atoms with Crippen LogP contribution in [-0.2, 0) is 4.79 Å². The van der Waals surface area contributed by atoms with Crippen molar-refractivity contribution in [2.45, 2.75) is 25.6 Å². The maximum absolute atomic E-state index is 12.6. The Morgan fingerprint density at radius 2 is 1.82 bits per heavy atom. The second-order valence-electron chi connectivity index (χ2n) is 3.63. The van der Waals surface area contributed by atoms with Gasteiger partial charge in [0.05, 0.1) is 6.04 Å². The van der Waals surface area contributed by atoms with Crippen LogP contribution in [0.5, 0.6) is 0 Å². The van der Waals surface area contributed by atoms with Crippen molar-refractivity contribution in [3.63, 3.8) is 0 Å². The van der Waals surface area contributed by atoms with Crippen LogP contribution in [0.25, 0.3) is 0 Å². The molecule has 0 radical (unpaired) electrons. The maximum Gasteiger partial charge on any atom is 0.397 e. The van der Waals surface area contributed by atoms with E-state index in [1.165, 1.54) is 31.2 Å². The number of rotatable bonds is 3. The van der Waals surface area contributed by atoms with Gasteiger partial charge in [0, 0.05) is 0 Å². The van der Waals surface area contributed by atoms with Gasteiger partial charge in [-0.05, 0) is 24.6 Å². The summed E-state index contributed by atoms with van der Waals surface area (Å²) in [6.07, 6.45) is -6.04. The molecular formula is C11H11F4NO. The van der Waals surface area contributed by atoms with E-state index in [9.17, 15) is 22.4 Å². The Balaban J connectivity index is 2.57. The van der Waals surface area contributed by atoms with Gasteiger partial charge in [-0.25, -0.2) is 4.39 Å². The van der Waals surface area contributed by atoms with Gasteiger partial charge in [-0.15, -0.1) is 0 Å². The molecule has 0 bridgehead atoms. The fourth-order valence-electron chi connectivity index (χ4n) is 1.31. The first-order valence-corrected chi connectivity index (χ1v) is 4.89. The Bertz CT molecular complexity index is 385. The molecule has 1 atom stereocenters. The van der Waals surface area contributed by atoms with Gasteiger partial charge in [-0.2, -0.15) is 13.2 Å². The minimum absolute atomic E-state index is 0.442. The molecule has 6 heteroatoms. The standard InChI is InChI=1S/C11H11F4NO/c1-7(8-2-4-9(12)5-3-8)16-10(17)6-11(13,14)15/h2-5,7H,6H2,1H3,(H,16,17)/t7-/m0/s1. The molecule has 1 N–H and O–H groups in total. The van der Waals surface area contributed by atoms with Gasteiger partial charge in [0.2, 0.25) is 5.91 Å². The molecule has 2 nitrogen and oxygen atoms in total. The summed E-state index contributed by atoms with van der Waals surface area (Å²) < 4.78 is 48.3. The second kappa shape index (κ2) is 5.16. The molecule has 0 aliphatic rings. The predicted molar refractivity (Wildman–Crippen MR) is 53.6 cm³/mol. The zero-order chi connectivity index (χ0) is 13.1. The van der Waals surface area contributed by atoms with E-state index < -0.39 is 30.4 Å². The van der Waals surface area contributed by atoms with Crippen molar-refractivity contribution in [1.82, 2.24) is 5.32 Å². The van der Waals surface area contributed by atoms with E-state index in [4.69, 9.17) is 0 Å². The van der Waals surface area contributed by atoms with E-state index in [-0.39, 0.29) is 0 Å². The van der Waals surface area contributed by atoms with Crippen molar-refractivity contribution in [3.8, 4) is 0 Å². The van der Waals surface area contributed by atoms with Crippen molar-refractivity contribution in [2.75, 3.05) is 0 Å². The number of halogens is 4.